The third-order valence-electron chi connectivity index (χ3n) is 7.27. The van der Waals surface area contributed by atoms with E-state index in [1.54, 1.807) is 6.92 Å². The summed E-state index contributed by atoms with van der Waals surface area (Å²) in [5.41, 5.74) is 3.38. The summed E-state index contributed by atoms with van der Waals surface area (Å²) in [6.45, 7) is 5.81. The zero-order valence-electron chi connectivity index (χ0n) is 20.0. The van der Waals surface area contributed by atoms with E-state index < -0.39 is 0 Å². The van der Waals surface area contributed by atoms with Gasteiger partial charge in [0.05, 0.1) is 23.6 Å². The number of amides is 1. The number of nitrogens with zero attached hydrogens (tertiary/aromatic N) is 2. The molecule has 180 valence electrons. The second-order valence-corrected chi connectivity index (χ2v) is 10.5. The van der Waals surface area contributed by atoms with Crippen molar-refractivity contribution in [2.45, 2.75) is 84.6 Å². The monoisotopic (exact) mass is 471 g/mol. The first-order chi connectivity index (χ1) is 16.1. The molecule has 0 saturated heterocycles. The highest BCUT2D eigenvalue weighted by atomic mass is 32.1. The average Bonchev–Trinajstić information content (AvgIpc) is 3.45. The van der Waals surface area contributed by atoms with Crippen LogP contribution >= 0.6 is 11.3 Å². The van der Waals surface area contributed by atoms with Crippen LogP contribution in [-0.4, -0.2) is 34.6 Å². The van der Waals surface area contributed by atoms with Crippen molar-refractivity contribution in [1.29, 1.82) is 0 Å². The molecule has 2 saturated carbocycles. The first-order valence-corrected chi connectivity index (χ1v) is 13.6. The molecule has 7 heteroatoms. The Labute approximate surface area is 201 Å². The minimum Gasteiger partial charge on any atom is -0.461 e. The second kappa shape index (κ2) is 11.3. The standard InChI is InChI=1S/C26H37N3O3S/c1-3-32-26(31)25-28-22(17-33-25)23-14-21(24(30)27-15-19-10-6-4-7-11-19)18(2)29(23)16-20-12-8-5-9-13-20/h14,17,19-20H,3-13,15-16H2,1-2H3,(H,27,30). The van der Waals surface area contributed by atoms with Crippen LogP contribution in [0.1, 0.15) is 97.0 Å². The molecule has 4 rings (SSSR count). The minimum absolute atomic E-state index is 0.00237. The van der Waals surface area contributed by atoms with E-state index in [-0.39, 0.29) is 11.9 Å². The van der Waals surface area contributed by atoms with E-state index in [0.717, 1.165) is 35.7 Å². The van der Waals surface area contributed by atoms with Gasteiger partial charge < -0.3 is 14.6 Å². The Hall–Kier alpha value is -2.15. The summed E-state index contributed by atoms with van der Waals surface area (Å²) in [5.74, 6) is 0.825. The summed E-state index contributed by atoms with van der Waals surface area (Å²) in [5, 5.41) is 5.47. The van der Waals surface area contributed by atoms with Crippen LogP contribution in [0.25, 0.3) is 11.4 Å². The Bertz CT molecular complexity index is 952. The number of hydrogen-bond donors (Lipinski definition) is 1. The highest BCUT2D eigenvalue weighted by Crippen LogP contribution is 2.32. The molecule has 2 aliphatic carbocycles. The number of esters is 1. The van der Waals surface area contributed by atoms with Crippen LogP contribution in [0.4, 0.5) is 0 Å². The smallest absolute Gasteiger partial charge is 0.367 e. The molecule has 0 atom stereocenters. The first kappa shape index (κ1) is 24.0. The van der Waals surface area contributed by atoms with Gasteiger partial charge in [-0.3, -0.25) is 4.79 Å². The van der Waals surface area contributed by atoms with Crippen molar-refractivity contribution >= 4 is 23.2 Å². The Morgan fingerprint density at radius 3 is 2.42 bits per heavy atom. The molecule has 33 heavy (non-hydrogen) atoms. The van der Waals surface area contributed by atoms with Gasteiger partial charge in [0.1, 0.15) is 0 Å². The van der Waals surface area contributed by atoms with Crippen LogP contribution in [0.15, 0.2) is 11.4 Å². The van der Waals surface area contributed by atoms with Crippen LogP contribution in [-0.2, 0) is 11.3 Å². The van der Waals surface area contributed by atoms with Gasteiger partial charge in [-0.15, -0.1) is 11.3 Å². The highest BCUT2D eigenvalue weighted by molar-refractivity contribution is 7.11. The molecule has 0 aromatic carbocycles. The highest BCUT2D eigenvalue weighted by Gasteiger charge is 2.24. The molecule has 2 aliphatic rings. The molecule has 0 aliphatic heterocycles. The zero-order valence-corrected chi connectivity index (χ0v) is 20.8. The SMILES string of the molecule is CCOC(=O)c1nc(-c2cc(C(=O)NCC3CCCCC3)c(C)n2CC2CCCCC2)cs1. The van der Waals surface area contributed by atoms with Crippen LogP contribution in [0.2, 0.25) is 0 Å². The summed E-state index contributed by atoms with van der Waals surface area (Å²) in [6, 6.07) is 1.97. The third kappa shape index (κ3) is 5.86. The topological polar surface area (TPSA) is 73.2 Å². The van der Waals surface area contributed by atoms with Crippen LogP contribution < -0.4 is 5.32 Å². The van der Waals surface area contributed by atoms with Crippen molar-refractivity contribution in [3.05, 3.63) is 27.7 Å². The molecule has 6 nitrogen and oxygen atoms in total. The van der Waals surface area contributed by atoms with E-state index in [2.05, 4.69) is 14.9 Å². The van der Waals surface area contributed by atoms with E-state index in [1.165, 1.54) is 75.5 Å². The van der Waals surface area contributed by atoms with Crippen LogP contribution in [0.5, 0.6) is 0 Å². The van der Waals surface area contributed by atoms with Gasteiger partial charge in [0.15, 0.2) is 0 Å². The molecule has 0 radical (unpaired) electrons. The Balaban J connectivity index is 1.58. The van der Waals surface area contributed by atoms with E-state index in [9.17, 15) is 9.59 Å². The lowest BCUT2D eigenvalue weighted by Crippen LogP contribution is -2.30. The zero-order chi connectivity index (χ0) is 23.2. The molecule has 2 aromatic heterocycles. The first-order valence-electron chi connectivity index (χ1n) is 12.7. The van der Waals surface area contributed by atoms with Crippen molar-refractivity contribution in [3.8, 4) is 11.4 Å². The van der Waals surface area contributed by atoms with E-state index >= 15 is 0 Å². The molecule has 0 spiro atoms. The summed E-state index contributed by atoms with van der Waals surface area (Å²) < 4.78 is 7.38. The number of carbonyl (C=O) groups is 2. The van der Waals surface area contributed by atoms with Gasteiger partial charge in [0.2, 0.25) is 5.01 Å². The molecular weight excluding hydrogens is 434 g/mol. The summed E-state index contributed by atoms with van der Waals surface area (Å²) in [7, 11) is 0. The van der Waals surface area contributed by atoms with Gasteiger partial charge in [0.25, 0.3) is 5.91 Å². The summed E-state index contributed by atoms with van der Waals surface area (Å²) in [6.07, 6.45) is 12.6. The number of hydrogen-bond acceptors (Lipinski definition) is 5. The molecule has 1 amide bonds. The molecule has 2 heterocycles. The van der Waals surface area contributed by atoms with E-state index in [0.29, 0.717) is 23.5 Å². The number of aromatic nitrogens is 2. The van der Waals surface area contributed by atoms with Crippen molar-refractivity contribution < 1.29 is 14.3 Å². The number of rotatable bonds is 8. The minimum atomic E-state index is -0.388. The number of ether oxygens (including phenoxy) is 1. The summed E-state index contributed by atoms with van der Waals surface area (Å²) in [4.78, 5) is 29.9. The quantitative estimate of drug-likeness (QED) is 0.480. The van der Waals surface area contributed by atoms with Crippen molar-refractivity contribution in [2.24, 2.45) is 11.8 Å². The van der Waals surface area contributed by atoms with Gasteiger partial charge in [0, 0.05) is 24.2 Å². The Morgan fingerprint density at radius 1 is 1.09 bits per heavy atom. The van der Waals surface area contributed by atoms with Gasteiger partial charge in [-0.05, 0) is 57.4 Å². The molecular formula is C26H37N3O3S. The Morgan fingerprint density at radius 2 is 1.76 bits per heavy atom. The van der Waals surface area contributed by atoms with Crippen LogP contribution in [0.3, 0.4) is 0 Å². The normalized spacial score (nSPS) is 17.8. The lowest BCUT2D eigenvalue weighted by atomic mass is 9.89. The predicted octanol–water partition coefficient (Wildman–Crippen LogP) is 5.99. The van der Waals surface area contributed by atoms with Crippen LogP contribution in [0, 0.1) is 18.8 Å². The predicted molar refractivity (Wildman–Crippen MR) is 132 cm³/mol. The fraction of sp³-hybridized carbons (Fsp3) is 0.654. The molecule has 2 fully saturated rings. The van der Waals surface area contributed by atoms with E-state index in [1.807, 2.05) is 18.4 Å². The van der Waals surface area contributed by atoms with Crippen molar-refractivity contribution in [3.63, 3.8) is 0 Å². The maximum atomic E-state index is 13.2. The lowest BCUT2D eigenvalue weighted by Gasteiger charge is -2.24. The average molecular weight is 472 g/mol. The number of carbonyl (C=O) groups excluding carboxylic acids is 2. The van der Waals surface area contributed by atoms with Crippen molar-refractivity contribution in [2.75, 3.05) is 13.2 Å². The van der Waals surface area contributed by atoms with Crippen molar-refractivity contribution in [1.82, 2.24) is 14.9 Å². The van der Waals surface area contributed by atoms with Gasteiger partial charge in [-0.2, -0.15) is 0 Å². The number of nitrogens with one attached hydrogen (secondary N) is 1. The Kier molecular flexibility index (Phi) is 8.23. The molecule has 1 N–H and O–H groups in total. The lowest BCUT2D eigenvalue weighted by molar-refractivity contribution is 0.0526. The maximum absolute atomic E-state index is 13.2. The van der Waals surface area contributed by atoms with E-state index in [4.69, 9.17) is 4.74 Å². The fourth-order valence-electron chi connectivity index (χ4n) is 5.35. The largest absolute Gasteiger partial charge is 0.461 e. The maximum Gasteiger partial charge on any atom is 0.367 e. The molecule has 0 bridgehead atoms. The fourth-order valence-corrected chi connectivity index (χ4v) is 6.05. The number of thiazole rings is 1. The third-order valence-corrected chi connectivity index (χ3v) is 8.09. The molecule has 2 aromatic rings. The summed E-state index contributed by atoms with van der Waals surface area (Å²) >= 11 is 1.30. The van der Waals surface area contributed by atoms with Gasteiger partial charge >= 0.3 is 5.97 Å². The molecule has 0 unspecified atom stereocenters. The van der Waals surface area contributed by atoms with Gasteiger partial charge in [-0.1, -0.05) is 38.5 Å². The van der Waals surface area contributed by atoms with Gasteiger partial charge in [-0.25, -0.2) is 9.78 Å². The second-order valence-electron chi connectivity index (χ2n) is 9.62.